The Balaban J connectivity index is 1.95. The highest BCUT2D eigenvalue weighted by atomic mass is 16.5. The number of nitrogen functional groups attached to an aromatic ring is 1. The van der Waals surface area contributed by atoms with Crippen LogP contribution < -0.4 is 15.2 Å². The van der Waals surface area contributed by atoms with Crippen molar-refractivity contribution in [3.63, 3.8) is 0 Å². The summed E-state index contributed by atoms with van der Waals surface area (Å²) in [5.74, 6) is 2.05. The van der Waals surface area contributed by atoms with Gasteiger partial charge in [0.25, 0.3) is 0 Å². The lowest BCUT2D eigenvalue weighted by molar-refractivity contribution is 0.282. The molecule has 1 saturated carbocycles. The van der Waals surface area contributed by atoms with E-state index in [1.54, 1.807) is 13.3 Å². The second-order valence-corrected chi connectivity index (χ2v) is 4.38. The van der Waals surface area contributed by atoms with Gasteiger partial charge >= 0.3 is 0 Å². The van der Waals surface area contributed by atoms with Crippen LogP contribution in [0, 0.1) is 0 Å². The molecule has 0 spiro atoms. The van der Waals surface area contributed by atoms with E-state index < -0.39 is 0 Å². The molecule has 1 aliphatic carbocycles. The second-order valence-electron chi connectivity index (χ2n) is 4.38. The summed E-state index contributed by atoms with van der Waals surface area (Å²) >= 11 is 0. The molecule has 0 radical (unpaired) electrons. The summed E-state index contributed by atoms with van der Waals surface area (Å²) in [7, 11) is 1.64. The van der Waals surface area contributed by atoms with Gasteiger partial charge in [-0.25, -0.2) is 0 Å². The average Bonchev–Trinajstić information content (AvgIpc) is 3.10. The standard InChI is InChI=1S/C13H15N3O2/c1-17-12-6-8(10-7-15-16-13(10)14)2-5-11(12)18-9-3-4-9/h2,5-7,9H,3-4H2,1H3,(H3,14,15,16). The van der Waals surface area contributed by atoms with Gasteiger partial charge in [-0.2, -0.15) is 5.10 Å². The van der Waals surface area contributed by atoms with Crippen LogP contribution >= 0.6 is 0 Å². The van der Waals surface area contributed by atoms with E-state index in [-0.39, 0.29) is 0 Å². The van der Waals surface area contributed by atoms with E-state index >= 15 is 0 Å². The van der Waals surface area contributed by atoms with Crippen LogP contribution in [0.3, 0.4) is 0 Å². The lowest BCUT2D eigenvalue weighted by Gasteiger charge is -2.11. The molecule has 1 aliphatic rings. The van der Waals surface area contributed by atoms with Crippen LogP contribution in [0.4, 0.5) is 5.82 Å². The van der Waals surface area contributed by atoms with E-state index in [1.165, 1.54) is 0 Å². The molecule has 0 unspecified atom stereocenters. The molecule has 1 heterocycles. The molecular formula is C13H15N3O2. The SMILES string of the molecule is COc1cc(-c2cn[nH]c2N)ccc1OC1CC1. The monoisotopic (exact) mass is 245 g/mol. The van der Waals surface area contributed by atoms with Gasteiger partial charge in [0.05, 0.1) is 19.4 Å². The lowest BCUT2D eigenvalue weighted by atomic mass is 10.1. The minimum Gasteiger partial charge on any atom is -0.493 e. The third-order valence-electron chi connectivity index (χ3n) is 2.96. The molecule has 3 N–H and O–H groups in total. The zero-order chi connectivity index (χ0) is 12.5. The number of aromatic nitrogens is 2. The summed E-state index contributed by atoms with van der Waals surface area (Å²) in [6.07, 6.45) is 4.30. The summed E-state index contributed by atoms with van der Waals surface area (Å²) < 4.78 is 11.1. The van der Waals surface area contributed by atoms with E-state index in [0.29, 0.717) is 11.9 Å². The Labute approximate surface area is 105 Å². The number of anilines is 1. The van der Waals surface area contributed by atoms with E-state index in [1.807, 2.05) is 18.2 Å². The number of nitrogens with two attached hydrogens (primary N) is 1. The molecule has 1 aromatic carbocycles. The predicted octanol–water partition coefficient (Wildman–Crippen LogP) is 2.21. The largest absolute Gasteiger partial charge is 0.493 e. The maximum Gasteiger partial charge on any atom is 0.161 e. The van der Waals surface area contributed by atoms with Crippen LogP contribution in [-0.2, 0) is 0 Å². The highest BCUT2D eigenvalue weighted by Gasteiger charge is 2.25. The molecule has 2 aromatic rings. The van der Waals surface area contributed by atoms with Crippen molar-refractivity contribution in [3.8, 4) is 22.6 Å². The van der Waals surface area contributed by atoms with Gasteiger partial charge in [0.1, 0.15) is 5.82 Å². The number of nitrogens with one attached hydrogen (secondary N) is 1. The highest BCUT2D eigenvalue weighted by Crippen LogP contribution is 2.37. The van der Waals surface area contributed by atoms with Crippen LogP contribution in [0.1, 0.15) is 12.8 Å². The average molecular weight is 245 g/mol. The van der Waals surface area contributed by atoms with Gasteiger partial charge in [-0.15, -0.1) is 0 Å². The number of nitrogens with zero attached hydrogens (tertiary/aromatic N) is 1. The number of benzene rings is 1. The topological polar surface area (TPSA) is 73.2 Å². The van der Waals surface area contributed by atoms with Crippen LogP contribution in [-0.4, -0.2) is 23.4 Å². The van der Waals surface area contributed by atoms with Crippen LogP contribution in [0.25, 0.3) is 11.1 Å². The summed E-state index contributed by atoms with van der Waals surface area (Å²) in [6.45, 7) is 0. The van der Waals surface area contributed by atoms with Gasteiger partial charge in [-0.3, -0.25) is 5.10 Å². The summed E-state index contributed by atoms with van der Waals surface area (Å²) in [4.78, 5) is 0. The molecule has 18 heavy (non-hydrogen) atoms. The molecule has 0 bridgehead atoms. The lowest BCUT2D eigenvalue weighted by Crippen LogP contribution is -1.98. The van der Waals surface area contributed by atoms with Crippen molar-refractivity contribution in [3.05, 3.63) is 24.4 Å². The molecule has 0 atom stereocenters. The zero-order valence-corrected chi connectivity index (χ0v) is 10.1. The Morgan fingerprint density at radius 1 is 1.33 bits per heavy atom. The molecule has 0 saturated heterocycles. The fraction of sp³-hybridized carbons (Fsp3) is 0.308. The molecule has 3 rings (SSSR count). The molecule has 5 nitrogen and oxygen atoms in total. The molecule has 0 aliphatic heterocycles. The van der Waals surface area contributed by atoms with Crippen molar-refractivity contribution >= 4 is 5.82 Å². The van der Waals surface area contributed by atoms with Crippen molar-refractivity contribution < 1.29 is 9.47 Å². The van der Waals surface area contributed by atoms with Crippen molar-refractivity contribution in [2.45, 2.75) is 18.9 Å². The number of methoxy groups -OCH3 is 1. The Kier molecular flexibility index (Phi) is 2.59. The third kappa shape index (κ3) is 1.99. The van der Waals surface area contributed by atoms with Gasteiger partial charge in [0.2, 0.25) is 0 Å². The third-order valence-corrected chi connectivity index (χ3v) is 2.96. The van der Waals surface area contributed by atoms with Gasteiger partial charge < -0.3 is 15.2 Å². The number of rotatable bonds is 4. The number of H-pyrrole nitrogens is 1. The quantitative estimate of drug-likeness (QED) is 0.866. The first kappa shape index (κ1) is 11.0. The number of hydrogen-bond acceptors (Lipinski definition) is 4. The summed E-state index contributed by atoms with van der Waals surface area (Å²) in [6, 6.07) is 5.79. The minimum absolute atomic E-state index is 0.351. The number of aromatic amines is 1. The predicted molar refractivity (Wildman–Crippen MR) is 68.6 cm³/mol. The molecule has 0 amide bonds. The second kappa shape index (κ2) is 4.25. The van der Waals surface area contributed by atoms with E-state index in [2.05, 4.69) is 10.2 Å². The molecule has 94 valence electrons. The van der Waals surface area contributed by atoms with Crippen molar-refractivity contribution in [2.24, 2.45) is 0 Å². The number of ether oxygens (including phenoxy) is 2. The van der Waals surface area contributed by atoms with Crippen LogP contribution in [0.5, 0.6) is 11.5 Å². The summed E-state index contributed by atoms with van der Waals surface area (Å²) in [5.41, 5.74) is 7.63. The molecule has 5 heteroatoms. The molecular weight excluding hydrogens is 230 g/mol. The van der Waals surface area contributed by atoms with Gasteiger partial charge in [0.15, 0.2) is 11.5 Å². The smallest absolute Gasteiger partial charge is 0.161 e. The molecule has 1 aromatic heterocycles. The maximum atomic E-state index is 5.80. The Hall–Kier alpha value is -2.17. The maximum absolute atomic E-state index is 5.80. The fourth-order valence-electron chi connectivity index (χ4n) is 1.82. The normalized spacial score (nSPS) is 14.5. The van der Waals surface area contributed by atoms with Gasteiger partial charge in [0, 0.05) is 5.56 Å². The van der Waals surface area contributed by atoms with Crippen LogP contribution in [0.15, 0.2) is 24.4 Å². The van der Waals surface area contributed by atoms with Crippen molar-refractivity contribution in [1.82, 2.24) is 10.2 Å². The number of hydrogen-bond donors (Lipinski definition) is 2. The Bertz CT molecular complexity index is 561. The fourth-order valence-corrected chi connectivity index (χ4v) is 1.82. The van der Waals surface area contributed by atoms with Crippen molar-refractivity contribution in [2.75, 3.05) is 12.8 Å². The van der Waals surface area contributed by atoms with Crippen LogP contribution in [0.2, 0.25) is 0 Å². The molecule has 1 fully saturated rings. The van der Waals surface area contributed by atoms with Gasteiger partial charge in [-0.1, -0.05) is 6.07 Å². The first-order valence-electron chi connectivity index (χ1n) is 5.92. The minimum atomic E-state index is 0.351. The van der Waals surface area contributed by atoms with E-state index in [4.69, 9.17) is 15.2 Å². The summed E-state index contributed by atoms with van der Waals surface area (Å²) in [5, 5.41) is 6.63. The first-order chi connectivity index (χ1) is 8.78. The highest BCUT2D eigenvalue weighted by molar-refractivity contribution is 5.75. The zero-order valence-electron chi connectivity index (χ0n) is 10.1. The Morgan fingerprint density at radius 3 is 2.78 bits per heavy atom. The van der Waals surface area contributed by atoms with Gasteiger partial charge in [-0.05, 0) is 30.5 Å². The Morgan fingerprint density at radius 2 is 2.17 bits per heavy atom. The first-order valence-corrected chi connectivity index (χ1v) is 5.92. The van der Waals surface area contributed by atoms with Crippen molar-refractivity contribution in [1.29, 1.82) is 0 Å². The van der Waals surface area contributed by atoms with E-state index in [9.17, 15) is 0 Å². The van der Waals surface area contributed by atoms with E-state index in [0.717, 1.165) is 35.5 Å².